The van der Waals surface area contributed by atoms with Gasteiger partial charge in [0.1, 0.15) is 18.1 Å². The summed E-state index contributed by atoms with van der Waals surface area (Å²) in [7, 11) is 3.33. The highest BCUT2D eigenvalue weighted by molar-refractivity contribution is 7.80. The molecule has 1 saturated heterocycles. The number of carbonyl (C=O) groups is 1. The third-order valence-corrected chi connectivity index (χ3v) is 6.81. The molecule has 0 atom stereocenters. The molecule has 8 heteroatoms. The first-order valence-electron chi connectivity index (χ1n) is 11.0. The number of carbonyl (C=O) groups excluding carboxylic acids is 1. The van der Waals surface area contributed by atoms with E-state index in [4.69, 9.17) is 33.3 Å². The number of nitrogens with zero attached hydrogens (tertiary/aromatic N) is 2. The first-order chi connectivity index (χ1) is 15.9. The van der Waals surface area contributed by atoms with Crippen molar-refractivity contribution in [3.05, 3.63) is 64.1 Å². The van der Waals surface area contributed by atoms with Gasteiger partial charge in [0.2, 0.25) is 0 Å². The standard InChI is InChI=1S/C25H26ClFN2O3S/c1-28-21(24(30)29(25(28)33)19-9-4-3-5-10-19)13-17-12-20(26)23(22(14-17)31-2)32-15-16-7-6-8-18(27)11-16/h6-8,11-14,19H,3-5,9-10,15H2,1-2H3. The minimum Gasteiger partial charge on any atom is -0.493 e. The molecule has 174 valence electrons. The van der Waals surface area contributed by atoms with E-state index in [1.54, 1.807) is 40.1 Å². The van der Waals surface area contributed by atoms with Crippen LogP contribution < -0.4 is 9.47 Å². The van der Waals surface area contributed by atoms with E-state index >= 15 is 0 Å². The summed E-state index contributed by atoms with van der Waals surface area (Å²) in [5.74, 6) is 0.360. The Hall–Kier alpha value is -2.64. The van der Waals surface area contributed by atoms with Crippen molar-refractivity contribution in [3.63, 3.8) is 0 Å². The highest BCUT2D eigenvalue weighted by atomic mass is 35.5. The van der Waals surface area contributed by atoms with Gasteiger partial charge in [-0.3, -0.25) is 9.69 Å². The Morgan fingerprint density at radius 3 is 2.67 bits per heavy atom. The average molecular weight is 489 g/mol. The number of benzene rings is 2. The highest BCUT2D eigenvalue weighted by Gasteiger charge is 2.40. The molecular formula is C25H26ClFN2O3S. The molecule has 5 nitrogen and oxygen atoms in total. The number of halogens is 2. The molecule has 2 aliphatic rings. The second kappa shape index (κ2) is 10.1. The molecule has 1 aliphatic heterocycles. The number of methoxy groups -OCH3 is 1. The van der Waals surface area contributed by atoms with Gasteiger partial charge >= 0.3 is 0 Å². The summed E-state index contributed by atoms with van der Waals surface area (Å²) in [6, 6.07) is 9.80. The van der Waals surface area contributed by atoms with Gasteiger partial charge in [-0.2, -0.15) is 0 Å². The van der Waals surface area contributed by atoms with Crippen LogP contribution in [0.15, 0.2) is 42.1 Å². The van der Waals surface area contributed by atoms with Crippen LogP contribution in [0.5, 0.6) is 11.5 Å². The van der Waals surface area contributed by atoms with E-state index in [9.17, 15) is 9.18 Å². The fraction of sp³-hybridized carbons (Fsp3) is 0.360. The topological polar surface area (TPSA) is 42.0 Å². The van der Waals surface area contributed by atoms with E-state index in [0.29, 0.717) is 38.5 Å². The Kier molecular flexibility index (Phi) is 7.20. The van der Waals surface area contributed by atoms with Gasteiger partial charge in [0.15, 0.2) is 16.6 Å². The molecule has 1 aliphatic carbocycles. The molecule has 2 aromatic rings. The normalized spacial score (nSPS) is 18.4. The Balaban J connectivity index is 1.58. The lowest BCUT2D eigenvalue weighted by Gasteiger charge is -2.30. The molecule has 1 saturated carbocycles. The van der Waals surface area contributed by atoms with Crippen molar-refractivity contribution in [2.75, 3.05) is 14.2 Å². The molecule has 4 rings (SSSR count). The van der Waals surface area contributed by atoms with Crippen LogP contribution in [0.25, 0.3) is 6.08 Å². The predicted molar refractivity (Wildman–Crippen MR) is 131 cm³/mol. The molecule has 0 aromatic heterocycles. The first kappa shape index (κ1) is 23.5. The lowest BCUT2D eigenvalue weighted by atomic mass is 9.94. The van der Waals surface area contributed by atoms with Crippen molar-refractivity contribution >= 4 is 40.9 Å². The fourth-order valence-corrected chi connectivity index (χ4v) is 4.95. The molecule has 2 fully saturated rings. The average Bonchev–Trinajstić information content (AvgIpc) is 3.01. The van der Waals surface area contributed by atoms with Gasteiger partial charge in [-0.05, 0) is 66.5 Å². The smallest absolute Gasteiger partial charge is 0.277 e. The van der Waals surface area contributed by atoms with Gasteiger partial charge in [-0.15, -0.1) is 0 Å². The van der Waals surface area contributed by atoms with Gasteiger partial charge < -0.3 is 14.4 Å². The van der Waals surface area contributed by atoms with Crippen LogP contribution in [-0.4, -0.2) is 41.0 Å². The zero-order valence-corrected chi connectivity index (χ0v) is 20.2. The minimum atomic E-state index is -0.332. The van der Waals surface area contributed by atoms with Crippen LogP contribution in [0.4, 0.5) is 4.39 Å². The Bertz CT molecular complexity index is 1100. The van der Waals surface area contributed by atoms with Crippen molar-refractivity contribution < 1.29 is 18.7 Å². The number of rotatable bonds is 6. The third-order valence-electron chi connectivity index (χ3n) is 6.06. The molecule has 0 N–H and O–H groups in total. The number of thiocarbonyl (C=S) groups is 1. The largest absolute Gasteiger partial charge is 0.493 e. The Labute approximate surface area is 203 Å². The Morgan fingerprint density at radius 1 is 1.21 bits per heavy atom. The monoisotopic (exact) mass is 488 g/mol. The summed E-state index contributed by atoms with van der Waals surface area (Å²) in [5.41, 5.74) is 1.87. The molecule has 33 heavy (non-hydrogen) atoms. The van der Waals surface area contributed by atoms with E-state index in [1.165, 1.54) is 25.7 Å². The molecule has 0 unspecified atom stereocenters. The first-order valence-corrected chi connectivity index (χ1v) is 11.8. The molecular weight excluding hydrogens is 463 g/mol. The predicted octanol–water partition coefficient (Wildman–Crippen LogP) is 5.80. The maximum Gasteiger partial charge on any atom is 0.277 e. The lowest BCUT2D eigenvalue weighted by molar-refractivity contribution is -0.124. The van der Waals surface area contributed by atoms with E-state index < -0.39 is 0 Å². The van der Waals surface area contributed by atoms with E-state index in [0.717, 1.165) is 25.7 Å². The van der Waals surface area contributed by atoms with Gasteiger partial charge in [0, 0.05) is 13.1 Å². The molecule has 0 bridgehead atoms. The lowest BCUT2D eigenvalue weighted by Crippen LogP contribution is -2.41. The van der Waals surface area contributed by atoms with Crippen molar-refractivity contribution in [1.82, 2.24) is 9.80 Å². The van der Waals surface area contributed by atoms with Gasteiger partial charge in [-0.25, -0.2) is 4.39 Å². The van der Waals surface area contributed by atoms with Crippen LogP contribution in [0.2, 0.25) is 5.02 Å². The SMILES string of the molecule is COc1cc(C=C2C(=O)N(C3CCCCC3)C(=S)N2C)cc(Cl)c1OCc1cccc(F)c1. The second-order valence-electron chi connectivity index (χ2n) is 8.29. The summed E-state index contributed by atoms with van der Waals surface area (Å²) >= 11 is 12.1. The molecule has 1 heterocycles. The van der Waals surface area contributed by atoms with Crippen LogP contribution in [-0.2, 0) is 11.4 Å². The van der Waals surface area contributed by atoms with Crippen molar-refractivity contribution in [3.8, 4) is 11.5 Å². The molecule has 0 spiro atoms. The van der Waals surface area contributed by atoms with Crippen molar-refractivity contribution in [1.29, 1.82) is 0 Å². The van der Waals surface area contributed by atoms with Crippen LogP contribution in [0.3, 0.4) is 0 Å². The zero-order chi connectivity index (χ0) is 23.5. The van der Waals surface area contributed by atoms with E-state index in [2.05, 4.69) is 0 Å². The quantitative estimate of drug-likeness (QED) is 0.380. The van der Waals surface area contributed by atoms with Crippen LogP contribution >= 0.6 is 23.8 Å². The van der Waals surface area contributed by atoms with Crippen molar-refractivity contribution in [2.45, 2.75) is 44.8 Å². The number of likely N-dealkylation sites (N-methyl/N-ethyl adjacent to an activating group) is 1. The van der Waals surface area contributed by atoms with Crippen LogP contribution in [0, 0.1) is 5.82 Å². The van der Waals surface area contributed by atoms with E-state index in [-0.39, 0.29) is 24.4 Å². The minimum absolute atomic E-state index is 0.0871. The number of ether oxygens (including phenoxy) is 2. The fourth-order valence-electron chi connectivity index (χ4n) is 4.34. The molecule has 2 aromatic carbocycles. The molecule has 1 amide bonds. The zero-order valence-electron chi connectivity index (χ0n) is 18.6. The van der Waals surface area contributed by atoms with Gasteiger partial charge in [0.05, 0.1) is 12.1 Å². The maximum atomic E-state index is 13.4. The number of hydrogen-bond acceptors (Lipinski definition) is 4. The summed E-state index contributed by atoms with van der Waals surface area (Å²) < 4.78 is 24.8. The number of hydrogen-bond donors (Lipinski definition) is 0. The summed E-state index contributed by atoms with van der Waals surface area (Å²) in [6.45, 7) is 0.139. The molecule has 0 radical (unpaired) electrons. The maximum absolute atomic E-state index is 13.4. The summed E-state index contributed by atoms with van der Waals surface area (Å²) in [5, 5.41) is 0.865. The summed E-state index contributed by atoms with van der Waals surface area (Å²) in [6.07, 6.45) is 7.15. The van der Waals surface area contributed by atoms with Gasteiger partial charge in [0.25, 0.3) is 5.91 Å². The highest BCUT2D eigenvalue weighted by Crippen LogP contribution is 2.38. The van der Waals surface area contributed by atoms with Crippen molar-refractivity contribution in [2.24, 2.45) is 0 Å². The third kappa shape index (κ3) is 4.99. The van der Waals surface area contributed by atoms with Crippen LogP contribution in [0.1, 0.15) is 43.2 Å². The number of amides is 1. The van der Waals surface area contributed by atoms with Gasteiger partial charge in [-0.1, -0.05) is 43.0 Å². The Morgan fingerprint density at radius 2 is 1.97 bits per heavy atom. The van der Waals surface area contributed by atoms with E-state index in [1.807, 2.05) is 7.05 Å². The summed E-state index contributed by atoms with van der Waals surface area (Å²) in [4.78, 5) is 16.7. The second-order valence-corrected chi connectivity index (χ2v) is 9.06.